The van der Waals surface area contributed by atoms with Gasteiger partial charge in [-0.3, -0.25) is 19.3 Å². The van der Waals surface area contributed by atoms with Crippen molar-refractivity contribution in [1.82, 2.24) is 4.90 Å². The summed E-state index contributed by atoms with van der Waals surface area (Å²) in [4.78, 5) is 52.4. The largest absolute Gasteiger partial charge is 0.467 e. The third-order valence-electron chi connectivity index (χ3n) is 6.85. The number of benzene rings is 2. The molecule has 2 fully saturated rings. The Bertz CT molecular complexity index is 1210. The van der Waals surface area contributed by atoms with Crippen LogP contribution in [0.3, 0.4) is 0 Å². The fraction of sp³-hybridized carbons (Fsp3) is 0.429. The standard InChI is InChI=1S/C28H29NO10/c1-15(30)13-35-28-21(29-24(31)18-11-7-8-12-19(18)25(29)32)23(37-16(2)26(33)34-3)22-20(38-28)14-36-27(39-22)17-9-5-4-6-10-17/h4-12,16,20-23,27-28H,13-14H2,1-3H3/t16-,20-,21-,22-,23-,27-,28-/m1/s1. The molecule has 3 heterocycles. The summed E-state index contributed by atoms with van der Waals surface area (Å²) in [5.41, 5.74) is 1.16. The van der Waals surface area contributed by atoms with Gasteiger partial charge < -0.3 is 28.4 Å². The van der Waals surface area contributed by atoms with Crippen LogP contribution >= 0.6 is 0 Å². The van der Waals surface area contributed by atoms with Crippen LogP contribution in [-0.2, 0) is 38.0 Å². The van der Waals surface area contributed by atoms with Crippen LogP contribution in [0.2, 0.25) is 0 Å². The molecule has 0 N–H and O–H groups in total. The second kappa shape index (κ2) is 11.3. The number of carbonyl (C=O) groups is 4. The number of Topliss-reactive ketones (excluding diaryl/α,β-unsaturated/α-hetero) is 1. The first-order valence-electron chi connectivity index (χ1n) is 12.6. The van der Waals surface area contributed by atoms with Crippen molar-refractivity contribution in [3.05, 3.63) is 71.3 Å². The van der Waals surface area contributed by atoms with Crippen molar-refractivity contribution in [2.45, 2.75) is 56.9 Å². The molecular formula is C28H29NO10. The maximum atomic E-state index is 13.6. The molecule has 11 heteroatoms. The molecule has 0 radical (unpaired) electrons. The van der Waals surface area contributed by atoms with Gasteiger partial charge >= 0.3 is 5.97 Å². The molecule has 2 saturated heterocycles. The van der Waals surface area contributed by atoms with Crippen molar-refractivity contribution in [2.24, 2.45) is 0 Å². The number of ether oxygens (including phenoxy) is 6. The Kier molecular flexibility index (Phi) is 7.87. The zero-order chi connectivity index (χ0) is 27.7. The second-order valence-corrected chi connectivity index (χ2v) is 9.52. The van der Waals surface area contributed by atoms with Crippen molar-refractivity contribution >= 4 is 23.6 Å². The van der Waals surface area contributed by atoms with Crippen LogP contribution in [0.25, 0.3) is 0 Å². The molecule has 0 saturated carbocycles. The van der Waals surface area contributed by atoms with Crippen LogP contribution in [0.5, 0.6) is 0 Å². The summed E-state index contributed by atoms with van der Waals surface area (Å²) in [6, 6.07) is 14.4. The number of hydrogen-bond acceptors (Lipinski definition) is 10. The van der Waals surface area contributed by atoms with Crippen LogP contribution < -0.4 is 0 Å². The maximum absolute atomic E-state index is 13.6. The summed E-state index contributed by atoms with van der Waals surface area (Å²) in [7, 11) is 1.23. The van der Waals surface area contributed by atoms with Crippen LogP contribution in [0.1, 0.15) is 46.4 Å². The summed E-state index contributed by atoms with van der Waals surface area (Å²) in [6.45, 7) is 2.56. The van der Waals surface area contributed by atoms with E-state index in [1.54, 1.807) is 24.3 Å². The number of hydrogen-bond donors (Lipinski definition) is 0. The van der Waals surface area contributed by atoms with E-state index in [9.17, 15) is 19.2 Å². The number of ketones is 1. The van der Waals surface area contributed by atoms with Crippen molar-refractivity contribution < 1.29 is 47.6 Å². The summed E-state index contributed by atoms with van der Waals surface area (Å²) >= 11 is 0. The first-order chi connectivity index (χ1) is 18.8. The number of rotatable bonds is 8. The molecule has 2 amide bonds. The summed E-state index contributed by atoms with van der Waals surface area (Å²) in [5, 5.41) is 0. The van der Waals surface area contributed by atoms with Crippen LogP contribution in [-0.4, -0.2) is 85.5 Å². The molecule has 7 atom stereocenters. The highest BCUT2D eigenvalue weighted by atomic mass is 16.8. The van der Waals surface area contributed by atoms with Crippen molar-refractivity contribution in [1.29, 1.82) is 0 Å². The van der Waals surface area contributed by atoms with E-state index in [-0.39, 0.29) is 30.1 Å². The lowest BCUT2D eigenvalue weighted by Crippen LogP contribution is -2.69. The second-order valence-electron chi connectivity index (χ2n) is 9.52. The summed E-state index contributed by atoms with van der Waals surface area (Å²) in [6.07, 6.45) is -5.91. The highest BCUT2D eigenvalue weighted by molar-refractivity contribution is 6.21. The van der Waals surface area contributed by atoms with E-state index in [2.05, 4.69) is 0 Å². The fourth-order valence-electron chi connectivity index (χ4n) is 5.04. The van der Waals surface area contributed by atoms with Gasteiger partial charge in [-0.15, -0.1) is 0 Å². The number of imide groups is 1. The minimum atomic E-state index is -1.27. The molecule has 11 nitrogen and oxygen atoms in total. The molecule has 2 aromatic rings. The van der Waals surface area contributed by atoms with Crippen LogP contribution in [0.15, 0.2) is 54.6 Å². The molecule has 0 aromatic heterocycles. The lowest BCUT2D eigenvalue weighted by Gasteiger charge is -2.51. The Morgan fingerprint density at radius 2 is 1.64 bits per heavy atom. The molecule has 39 heavy (non-hydrogen) atoms. The zero-order valence-corrected chi connectivity index (χ0v) is 21.7. The first kappa shape index (κ1) is 27.1. The molecule has 3 aliphatic heterocycles. The van der Waals surface area contributed by atoms with E-state index in [0.717, 1.165) is 10.5 Å². The molecule has 0 unspecified atom stereocenters. The number of esters is 1. The Labute approximate surface area is 224 Å². The predicted octanol–water partition coefficient (Wildman–Crippen LogP) is 2.04. The molecular weight excluding hydrogens is 510 g/mol. The molecule has 0 spiro atoms. The fourth-order valence-corrected chi connectivity index (χ4v) is 5.04. The monoisotopic (exact) mass is 539 g/mol. The number of carbonyl (C=O) groups excluding carboxylic acids is 4. The Morgan fingerprint density at radius 1 is 1.00 bits per heavy atom. The van der Waals surface area contributed by atoms with E-state index in [4.69, 9.17) is 28.4 Å². The van der Waals surface area contributed by atoms with Gasteiger partial charge in [0.15, 0.2) is 24.5 Å². The van der Waals surface area contributed by atoms with Crippen molar-refractivity contribution in [2.75, 3.05) is 20.3 Å². The molecule has 206 valence electrons. The smallest absolute Gasteiger partial charge is 0.334 e. The van der Waals surface area contributed by atoms with Gasteiger partial charge in [0, 0.05) is 5.56 Å². The highest BCUT2D eigenvalue weighted by Crippen LogP contribution is 2.40. The molecule has 0 bridgehead atoms. The Balaban J connectivity index is 1.55. The average molecular weight is 540 g/mol. The lowest BCUT2D eigenvalue weighted by atomic mass is 9.93. The van der Waals surface area contributed by atoms with E-state index >= 15 is 0 Å². The van der Waals surface area contributed by atoms with Gasteiger partial charge in [-0.1, -0.05) is 42.5 Å². The topological polar surface area (TPSA) is 127 Å². The third kappa shape index (κ3) is 5.23. The molecule has 5 rings (SSSR count). The van der Waals surface area contributed by atoms with Crippen LogP contribution in [0.4, 0.5) is 0 Å². The highest BCUT2D eigenvalue weighted by Gasteiger charge is 2.57. The maximum Gasteiger partial charge on any atom is 0.334 e. The number of methoxy groups -OCH3 is 1. The first-order valence-corrected chi connectivity index (χ1v) is 12.6. The van der Waals surface area contributed by atoms with E-state index in [1.165, 1.54) is 21.0 Å². The normalized spacial score (nSPS) is 28.9. The quantitative estimate of drug-likeness (QED) is 0.363. The van der Waals surface area contributed by atoms with E-state index < -0.39 is 60.8 Å². The van der Waals surface area contributed by atoms with Gasteiger partial charge in [0.25, 0.3) is 11.8 Å². The van der Waals surface area contributed by atoms with Gasteiger partial charge in [-0.2, -0.15) is 0 Å². The van der Waals surface area contributed by atoms with Crippen LogP contribution in [0, 0.1) is 0 Å². The summed E-state index contributed by atoms with van der Waals surface area (Å²) in [5.74, 6) is -2.11. The molecule has 0 aliphatic carbocycles. The van der Waals surface area contributed by atoms with Crippen molar-refractivity contribution in [3.8, 4) is 0 Å². The zero-order valence-electron chi connectivity index (χ0n) is 21.7. The number of nitrogens with zero attached hydrogens (tertiary/aromatic N) is 1. The van der Waals surface area contributed by atoms with Gasteiger partial charge in [0.2, 0.25) is 0 Å². The van der Waals surface area contributed by atoms with Gasteiger partial charge in [-0.05, 0) is 26.0 Å². The lowest BCUT2D eigenvalue weighted by molar-refractivity contribution is -0.354. The Hall–Kier alpha value is -3.48. The van der Waals surface area contributed by atoms with Gasteiger partial charge in [0.05, 0.1) is 24.8 Å². The predicted molar refractivity (Wildman–Crippen MR) is 132 cm³/mol. The Morgan fingerprint density at radius 3 is 2.26 bits per heavy atom. The average Bonchev–Trinajstić information content (AvgIpc) is 3.20. The third-order valence-corrected chi connectivity index (χ3v) is 6.85. The van der Waals surface area contributed by atoms with Gasteiger partial charge in [0.1, 0.15) is 31.0 Å². The van der Waals surface area contributed by atoms with Gasteiger partial charge in [-0.25, -0.2) is 4.79 Å². The minimum Gasteiger partial charge on any atom is -0.467 e. The molecule has 3 aliphatic rings. The van der Waals surface area contributed by atoms with Crippen molar-refractivity contribution in [3.63, 3.8) is 0 Å². The number of fused-ring (bicyclic) bond motifs is 2. The number of amides is 2. The van der Waals surface area contributed by atoms with E-state index in [0.29, 0.717) is 0 Å². The van der Waals surface area contributed by atoms with E-state index in [1.807, 2.05) is 30.3 Å². The molecule has 2 aromatic carbocycles. The minimum absolute atomic E-state index is 0.0610. The summed E-state index contributed by atoms with van der Waals surface area (Å²) < 4.78 is 35.3. The SMILES string of the molecule is COC(=O)[C@@H](C)O[C@H]1[C@@H]2O[C@H](c3ccccc3)OC[C@H]2O[C@@H](OCC(C)=O)[C@@H]1N1C(=O)c2ccccc2C1=O.